The monoisotopic (exact) mass is 249 g/mol. The molecule has 1 aliphatic heterocycles. The van der Waals surface area contributed by atoms with Crippen molar-refractivity contribution in [1.82, 2.24) is 14.8 Å². The van der Waals surface area contributed by atoms with E-state index in [4.69, 9.17) is 5.84 Å². The molecule has 0 spiro atoms. The van der Waals surface area contributed by atoms with Crippen LogP contribution in [0.15, 0.2) is 18.3 Å². The van der Waals surface area contributed by atoms with Crippen molar-refractivity contribution < 1.29 is 9.59 Å². The summed E-state index contributed by atoms with van der Waals surface area (Å²) in [6, 6.07) is 3.58. The van der Waals surface area contributed by atoms with Crippen molar-refractivity contribution in [2.75, 3.05) is 25.6 Å². The molecule has 1 saturated heterocycles. The van der Waals surface area contributed by atoms with E-state index in [2.05, 4.69) is 10.4 Å². The number of amides is 2. The largest absolute Gasteiger partial charge is 0.335 e. The molecule has 3 N–H and O–H groups in total. The van der Waals surface area contributed by atoms with Gasteiger partial charge in [0.15, 0.2) is 0 Å². The molecule has 2 amide bonds. The van der Waals surface area contributed by atoms with Crippen LogP contribution in [0.2, 0.25) is 0 Å². The van der Waals surface area contributed by atoms with Crippen LogP contribution >= 0.6 is 0 Å². The summed E-state index contributed by atoms with van der Waals surface area (Å²) >= 11 is 0. The zero-order valence-electron chi connectivity index (χ0n) is 10.1. The molecule has 0 unspecified atom stereocenters. The second-order valence-corrected chi connectivity index (χ2v) is 4.16. The molecule has 2 heterocycles. The molecule has 0 aliphatic carbocycles. The molecule has 7 nitrogen and oxygen atoms in total. The highest BCUT2D eigenvalue weighted by Crippen LogP contribution is 2.15. The molecule has 0 atom stereocenters. The van der Waals surface area contributed by atoms with Crippen LogP contribution in [0.1, 0.15) is 5.56 Å². The fourth-order valence-corrected chi connectivity index (χ4v) is 1.81. The first kappa shape index (κ1) is 12.3. The minimum Gasteiger partial charge on any atom is -0.335 e. The molecule has 0 saturated carbocycles. The summed E-state index contributed by atoms with van der Waals surface area (Å²) in [4.78, 5) is 30.4. The van der Waals surface area contributed by atoms with Gasteiger partial charge in [-0.3, -0.25) is 9.59 Å². The summed E-state index contributed by atoms with van der Waals surface area (Å²) in [6.45, 7) is 0.532. The summed E-state index contributed by atoms with van der Waals surface area (Å²) in [6.07, 6.45) is 1.61. The van der Waals surface area contributed by atoms with E-state index in [1.54, 1.807) is 19.3 Å². The van der Waals surface area contributed by atoms with Crippen LogP contribution in [0, 0.1) is 0 Å². The van der Waals surface area contributed by atoms with Crippen LogP contribution in [0.4, 0.5) is 5.82 Å². The third kappa shape index (κ3) is 2.40. The minimum atomic E-state index is -0.0797. The van der Waals surface area contributed by atoms with E-state index in [-0.39, 0.29) is 24.9 Å². The van der Waals surface area contributed by atoms with Crippen LogP contribution in [0.5, 0.6) is 0 Å². The van der Waals surface area contributed by atoms with Gasteiger partial charge in [-0.05, 0) is 6.07 Å². The highest BCUT2D eigenvalue weighted by molar-refractivity contribution is 5.92. The molecule has 0 bridgehead atoms. The molecular weight excluding hydrogens is 234 g/mol. The maximum Gasteiger partial charge on any atom is 0.242 e. The second-order valence-electron chi connectivity index (χ2n) is 4.16. The highest BCUT2D eigenvalue weighted by atomic mass is 16.2. The number of carbonyl (C=O) groups is 2. The van der Waals surface area contributed by atoms with Crippen molar-refractivity contribution in [2.45, 2.75) is 6.54 Å². The van der Waals surface area contributed by atoms with Gasteiger partial charge in [0, 0.05) is 25.4 Å². The Kier molecular flexibility index (Phi) is 3.42. The Balaban J connectivity index is 2.13. The van der Waals surface area contributed by atoms with Crippen molar-refractivity contribution in [3.05, 3.63) is 23.9 Å². The van der Waals surface area contributed by atoms with Gasteiger partial charge in [-0.1, -0.05) is 6.07 Å². The first-order valence-corrected chi connectivity index (χ1v) is 5.54. The lowest BCUT2D eigenvalue weighted by atomic mass is 10.2. The normalized spacial score (nSPS) is 16.1. The Labute approximate surface area is 105 Å². The van der Waals surface area contributed by atoms with Crippen molar-refractivity contribution in [3.8, 4) is 0 Å². The van der Waals surface area contributed by atoms with Gasteiger partial charge in [0.2, 0.25) is 11.8 Å². The molecule has 18 heavy (non-hydrogen) atoms. The quantitative estimate of drug-likeness (QED) is 0.539. The number of rotatable bonds is 3. The van der Waals surface area contributed by atoms with Crippen molar-refractivity contribution >= 4 is 17.6 Å². The number of nitrogens with zero attached hydrogens (tertiary/aromatic N) is 3. The zero-order valence-corrected chi connectivity index (χ0v) is 10.1. The lowest BCUT2D eigenvalue weighted by molar-refractivity contribution is -0.149. The summed E-state index contributed by atoms with van der Waals surface area (Å²) < 4.78 is 0. The van der Waals surface area contributed by atoms with Crippen molar-refractivity contribution in [1.29, 1.82) is 0 Å². The molecule has 7 heteroatoms. The Morgan fingerprint density at radius 3 is 2.89 bits per heavy atom. The zero-order chi connectivity index (χ0) is 13.1. The molecular formula is C11H15N5O2. The predicted molar refractivity (Wildman–Crippen MR) is 65.1 cm³/mol. The minimum absolute atomic E-state index is 0.0688. The number of nitrogen functional groups attached to an aromatic ring is 1. The van der Waals surface area contributed by atoms with Crippen LogP contribution in [0.3, 0.4) is 0 Å². The molecule has 1 aromatic rings. The second kappa shape index (κ2) is 5.01. The molecule has 0 aromatic carbocycles. The first-order valence-electron chi connectivity index (χ1n) is 5.54. The number of nitrogens with two attached hydrogens (primary N) is 1. The van der Waals surface area contributed by atoms with Crippen molar-refractivity contribution in [3.63, 3.8) is 0 Å². The average molecular weight is 249 g/mol. The van der Waals surface area contributed by atoms with E-state index in [1.165, 1.54) is 9.80 Å². The maximum absolute atomic E-state index is 11.8. The number of piperazine rings is 1. The lowest BCUT2D eigenvalue weighted by Gasteiger charge is -2.31. The van der Waals surface area contributed by atoms with Crippen LogP contribution in [-0.4, -0.2) is 46.7 Å². The van der Waals surface area contributed by atoms with Gasteiger partial charge in [-0.15, -0.1) is 0 Å². The average Bonchev–Trinajstić information content (AvgIpc) is 2.36. The Hall–Kier alpha value is -2.15. The number of pyridine rings is 1. The Bertz CT molecular complexity index is 476. The number of hydrogen-bond acceptors (Lipinski definition) is 5. The van der Waals surface area contributed by atoms with E-state index in [1.807, 2.05) is 6.07 Å². The molecule has 1 aromatic heterocycles. The van der Waals surface area contributed by atoms with Gasteiger partial charge in [0.05, 0.1) is 6.54 Å². The van der Waals surface area contributed by atoms with Gasteiger partial charge in [-0.2, -0.15) is 0 Å². The Morgan fingerprint density at radius 2 is 2.17 bits per heavy atom. The van der Waals surface area contributed by atoms with Crippen molar-refractivity contribution in [2.24, 2.45) is 5.84 Å². The summed E-state index contributed by atoms with van der Waals surface area (Å²) in [5.41, 5.74) is 3.26. The summed E-state index contributed by atoms with van der Waals surface area (Å²) in [5, 5.41) is 0. The third-order valence-corrected chi connectivity index (χ3v) is 2.87. The lowest BCUT2D eigenvalue weighted by Crippen LogP contribution is -2.51. The van der Waals surface area contributed by atoms with Crippen LogP contribution in [0.25, 0.3) is 0 Å². The number of hydrazine groups is 1. The van der Waals surface area contributed by atoms with E-state index in [0.717, 1.165) is 5.56 Å². The van der Waals surface area contributed by atoms with E-state index in [0.29, 0.717) is 12.4 Å². The fraction of sp³-hybridized carbons (Fsp3) is 0.364. The topological polar surface area (TPSA) is 91.6 Å². The fourth-order valence-electron chi connectivity index (χ4n) is 1.81. The third-order valence-electron chi connectivity index (χ3n) is 2.87. The highest BCUT2D eigenvalue weighted by Gasteiger charge is 2.27. The molecule has 1 aliphatic rings. The molecule has 0 radical (unpaired) electrons. The van der Waals surface area contributed by atoms with Gasteiger partial charge in [-0.25, -0.2) is 10.8 Å². The summed E-state index contributed by atoms with van der Waals surface area (Å²) in [5.74, 6) is 5.71. The summed E-state index contributed by atoms with van der Waals surface area (Å²) in [7, 11) is 1.62. The first-order chi connectivity index (χ1) is 8.61. The number of anilines is 1. The standard InChI is InChI=1S/C11H15N5O2/c1-15-6-10(18)16(7-9(15)17)5-8-3-2-4-13-11(8)14-12/h2-4H,5-7,12H2,1H3,(H,13,14). The van der Waals surface area contributed by atoms with Gasteiger partial charge < -0.3 is 15.2 Å². The predicted octanol–water partition coefficient (Wildman–Crippen LogP) is -0.832. The van der Waals surface area contributed by atoms with Gasteiger partial charge >= 0.3 is 0 Å². The number of aromatic nitrogens is 1. The van der Waals surface area contributed by atoms with E-state index in [9.17, 15) is 9.59 Å². The van der Waals surface area contributed by atoms with E-state index >= 15 is 0 Å². The maximum atomic E-state index is 11.8. The van der Waals surface area contributed by atoms with E-state index < -0.39 is 0 Å². The number of carbonyl (C=O) groups excluding carboxylic acids is 2. The van der Waals surface area contributed by atoms with Crippen LogP contribution < -0.4 is 11.3 Å². The molecule has 1 fully saturated rings. The smallest absolute Gasteiger partial charge is 0.242 e. The SMILES string of the molecule is CN1CC(=O)N(Cc2cccnc2NN)CC1=O. The number of likely N-dealkylation sites (N-methyl/N-ethyl adjacent to an activating group) is 1. The molecule has 2 rings (SSSR count). The Morgan fingerprint density at radius 1 is 1.39 bits per heavy atom. The number of nitrogens with one attached hydrogen (secondary N) is 1. The molecule has 96 valence electrons. The number of hydrogen-bond donors (Lipinski definition) is 2. The van der Waals surface area contributed by atoms with Gasteiger partial charge in [0.1, 0.15) is 12.4 Å². The van der Waals surface area contributed by atoms with Gasteiger partial charge in [0.25, 0.3) is 0 Å². The van der Waals surface area contributed by atoms with Crippen LogP contribution in [-0.2, 0) is 16.1 Å².